The number of carboxylic acids is 1. The molecule has 0 aromatic carbocycles. The molecule has 130 valence electrons. The lowest BCUT2D eigenvalue weighted by molar-refractivity contribution is -0.146. The number of carboxylic acid groups (broad SMARTS) is 1. The number of rotatable bonds is 12. The van der Waals surface area contributed by atoms with E-state index in [1.807, 2.05) is 0 Å². The molecule has 0 bridgehead atoms. The molecule has 0 aromatic rings. The third-order valence-electron chi connectivity index (χ3n) is 3.20. The fraction of sp³-hybridized carbons (Fsp3) is 0.615. The zero-order chi connectivity index (χ0) is 18.0. The molecule has 2 atom stereocenters. The van der Waals surface area contributed by atoms with Gasteiger partial charge in [0.05, 0.1) is 6.04 Å². The van der Waals surface area contributed by atoms with Crippen LogP contribution in [-0.4, -0.2) is 45.7 Å². The van der Waals surface area contributed by atoms with Crippen molar-refractivity contribution in [2.45, 2.75) is 44.6 Å². The molecule has 0 rings (SSSR count). The number of Topliss-reactive ketones (excluding diaryl/α,β-unsaturated/α-hetero) is 2. The van der Waals surface area contributed by atoms with Crippen LogP contribution in [0.3, 0.4) is 0 Å². The van der Waals surface area contributed by atoms with Crippen molar-refractivity contribution in [1.29, 1.82) is 0 Å². The molecule has 0 fully saturated rings. The topological polar surface area (TPSA) is 190 Å². The van der Waals surface area contributed by atoms with Crippen molar-refractivity contribution >= 4 is 29.4 Å². The minimum atomic E-state index is -1.30. The fourth-order valence-corrected chi connectivity index (χ4v) is 1.91. The van der Waals surface area contributed by atoms with E-state index in [1.165, 1.54) is 5.48 Å². The lowest BCUT2D eigenvalue weighted by Crippen LogP contribution is -2.38. The van der Waals surface area contributed by atoms with E-state index in [4.69, 9.17) is 21.8 Å². The summed E-state index contributed by atoms with van der Waals surface area (Å²) >= 11 is 0. The molecule has 7 N–H and O–H groups in total. The maximum atomic E-state index is 12.0. The van der Waals surface area contributed by atoms with E-state index in [9.17, 15) is 24.0 Å². The first-order valence-corrected chi connectivity index (χ1v) is 6.95. The largest absolute Gasteiger partial charge is 0.481 e. The van der Waals surface area contributed by atoms with Crippen LogP contribution in [0.2, 0.25) is 0 Å². The number of hydrogen-bond acceptors (Lipinski definition) is 7. The van der Waals surface area contributed by atoms with Gasteiger partial charge in [-0.3, -0.25) is 29.2 Å². The summed E-state index contributed by atoms with van der Waals surface area (Å²) in [4.78, 5) is 56.0. The zero-order valence-corrected chi connectivity index (χ0v) is 12.5. The highest BCUT2D eigenvalue weighted by Crippen LogP contribution is 2.16. The number of primary amides is 1. The lowest BCUT2D eigenvalue weighted by atomic mass is 9.89. The average molecular weight is 331 g/mol. The van der Waals surface area contributed by atoms with E-state index < -0.39 is 47.7 Å². The predicted molar refractivity (Wildman–Crippen MR) is 75.9 cm³/mol. The van der Waals surface area contributed by atoms with E-state index in [0.29, 0.717) is 0 Å². The smallest absolute Gasteiger partial charge is 0.310 e. The molecule has 2 amide bonds. The van der Waals surface area contributed by atoms with E-state index in [0.717, 1.165) is 0 Å². The van der Waals surface area contributed by atoms with Crippen molar-refractivity contribution in [2.24, 2.45) is 17.4 Å². The second kappa shape index (κ2) is 10.4. The molecule has 0 heterocycles. The molecule has 0 saturated heterocycles. The molecule has 0 aliphatic heterocycles. The van der Waals surface area contributed by atoms with Gasteiger partial charge in [-0.1, -0.05) is 0 Å². The Bertz CT molecular complexity index is 478. The molecule has 23 heavy (non-hydrogen) atoms. The molecule has 0 spiro atoms. The van der Waals surface area contributed by atoms with Gasteiger partial charge in [0.2, 0.25) is 11.7 Å². The maximum Gasteiger partial charge on any atom is 0.310 e. The SMILES string of the molecule is NC(=O)CC[C@H](CC(=O)[C@@H](N)CCCC(=O)O)C(=O)C(=O)NO. The molecule has 0 aliphatic carbocycles. The number of amides is 2. The highest BCUT2D eigenvalue weighted by atomic mass is 16.5. The Kier molecular flexibility index (Phi) is 9.35. The Labute approximate surface area is 132 Å². The Balaban J connectivity index is 4.69. The first-order valence-electron chi connectivity index (χ1n) is 6.95. The molecule has 0 radical (unpaired) electrons. The second-order valence-electron chi connectivity index (χ2n) is 5.07. The van der Waals surface area contributed by atoms with Gasteiger partial charge in [0, 0.05) is 25.2 Å². The monoisotopic (exact) mass is 331 g/mol. The molecule has 0 unspecified atom stereocenters. The molecule has 10 nitrogen and oxygen atoms in total. The van der Waals surface area contributed by atoms with Crippen molar-refractivity contribution in [3.8, 4) is 0 Å². The van der Waals surface area contributed by atoms with Crippen LogP contribution in [-0.2, 0) is 24.0 Å². The first kappa shape index (κ1) is 20.7. The molecule has 0 aromatic heterocycles. The highest BCUT2D eigenvalue weighted by molar-refractivity contribution is 6.36. The van der Waals surface area contributed by atoms with E-state index >= 15 is 0 Å². The van der Waals surface area contributed by atoms with Crippen LogP contribution in [0.25, 0.3) is 0 Å². The second-order valence-corrected chi connectivity index (χ2v) is 5.07. The third kappa shape index (κ3) is 8.63. The maximum absolute atomic E-state index is 12.0. The Morgan fingerprint density at radius 1 is 1.04 bits per heavy atom. The Morgan fingerprint density at radius 2 is 1.65 bits per heavy atom. The Morgan fingerprint density at radius 3 is 2.13 bits per heavy atom. The number of hydroxylamine groups is 1. The molecular formula is C13H21N3O7. The van der Waals surface area contributed by atoms with Gasteiger partial charge in [-0.25, -0.2) is 5.48 Å². The summed E-state index contributed by atoms with van der Waals surface area (Å²) in [6.45, 7) is 0. The summed E-state index contributed by atoms with van der Waals surface area (Å²) in [5, 5.41) is 17.0. The van der Waals surface area contributed by atoms with Gasteiger partial charge in [-0.15, -0.1) is 0 Å². The van der Waals surface area contributed by atoms with Crippen LogP contribution in [0.5, 0.6) is 0 Å². The lowest BCUT2D eigenvalue weighted by Gasteiger charge is -2.16. The predicted octanol–water partition coefficient (Wildman–Crippen LogP) is -1.52. The van der Waals surface area contributed by atoms with Crippen molar-refractivity contribution in [3.63, 3.8) is 0 Å². The van der Waals surface area contributed by atoms with Crippen molar-refractivity contribution in [3.05, 3.63) is 0 Å². The van der Waals surface area contributed by atoms with Gasteiger partial charge in [0.25, 0.3) is 0 Å². The molecule has 0 saturated carbocycles. The van der Waals surface area contributed by atoms with E-state index in [1.54, 1.807) is 0 Å². The summed E-state index contributed by atoms with van der Waals surface area (Å²) in [5.41, 5.74) is 11.8. The third-order valence-corrected chi connectivity index (χ3v) is 3.20. The molecule has 0 aliphatic rings. The zero-order valence-electron chi connectivity index (χ0n) is 12.5. The highest BCUT2D eigenvalue weighted by Gasteiger charge is 2.29. The number of nitrogens with one attached hydrogen (secondary N) is 1. The number of ketones is 2. The summed E-state index contributed by atoms with van der Waals surface area (Å²) in [5.74, 6) is -5.74. The summed E-state index contributed by atoms with van der Waals surface area (Å²) < 4.78 is 0. The average Bonchev–Trinajstić information content (AvgIpc) is 2.48. The van der Waals surface area contributed by atoms with Gasteiger partial charge in [-0.2, -0.15) is 0 Å². The quantitative estimate of drug-likeness (QED) is 0.162. The summed E-state index contributed by atoms with van der Waals surface area (Å²) in [6, 6.07) is -0.976. The van der Waals surface area contributed by atoms with Crippen LogP contribution in [0.1, 0.15) is 38.5 Å². The summed E-state index contributed by atoms with van der Waals surface area (Å²) in [7, 11) is 0. The van der Waals surface area contributed by atoms with Gasteiger partial charge in [0.1, 0.15) is 5.78 Å². The first-order chi connectivity index (χ1) is 10.7. The number of carbonyl (C=O) groups is 5. The van der Waals surface area contributed by atoms with Crippen LogP contribution in [0.15, 0.2) is 0 Å². The number of nitrogens with two attached hydrogens (primary N) is 2. The normalized spacial score (nSPS) is 13.0. The van der Waals surface area contributed by atoms with E-state index in [2.05, 4.69) is 0 Å². The van der Waals surface area contributed by atoms with E-state index in [-0.39, 0.29) is 32.1 Å². The number of carbonyl (C=O) groups excluding carboxylic acids is 4. The molecule has 10 heteroatoms. The minimum Gasteiger partial charge on any atom is -0.481 e. The van der Waals surface area contributed by atoms with Crippen molar-refractivity contribution < 1.29 is 34.3 Å². The van der Waals surface area contributed by atoms with Crippen LogP contribution < -0.4 is 16.9 Å². The fourth-order valence-electron chi connectivity index (χ4n) is 1.91. The Hall–Kier alpha value is -2.33. The minimum absolute atomic E-state index is 0.119. The van der Waals surface area contributed by atoms with Gasteiger partial charge in [-0.05, 0) is 19.3 Å². The summed E-state index contributed by atoms with van der Waals surface area (Å²) in [6.07, 6.45) is -0.565. The van der Waals surface area contributed by atoms with Crippen LogP contribution in [0, 0.1) is 5.92 Å². The van der Waals surface area contributed by atoms with Crippen LogP contribution >= 0.6 is 0 Å². The van der Waals surface area contributed by atoms with Crippen molar-refractivity contribution in [1.82, 2.24) is 5.48 Å². The van der Waals surface area contributed by atoms with Gasteiger partial charge in [0.15, 0.2) is 0 Å². The number of hydrogen-bond donors (Lipinski definition) is 5. The van der Waals surface area contributed by atoms with Crippen molar-refractivity contribution in [2.75, 3.05) is 0 Å². The molecular weight excluding hydrogens is 310 g/mol. The standard InChI is InChI=1S/C13H21N3O7/c14-8(2-1-3-11(19)20)9(17)6-7(4-5-10(15)18)12(21)13(22)16-23/h7-8,23H,1-6,14H2,(H2,15,18)(H,16,22)(H,19,20)/t7-,8+/m1/s1. The van der Waals surface area contributed by atoms with Crippen LogP contribution in [0.4, 0.5) is 0 Å². The van der Waals surface area contributed by atoms with Gasteiger partial charge < -0.3 is 16.6 Å². The number of aliphatic carboxylic acids is 1. The van der Waals surface area contributed by atoms with Gasteiger partial charge >= 0.3 is 11.9 Å².